The Labute approximate surface area is 209 Å². The average molecular weight is 478 g/mol. The van der Waals surface area contributed by atoms with E-state index in [4.69, 9.17) is 0 Å². The molecule has 0 atom stereocenters. The number of aryl methyl sites for hydroxylation is 2. The summed E-state index contributed by atoms with van der Waals surface area (Å²) in [7, 11) is 0. The first-order chi connectivity index (χ1) is 17.6. The SMILES string of the molecule is CCCc1cc(Nc2cccc(C(=O)NCc3ccc(C)cc3)c2)n2nc(-c3cccnc3)nc2n1. The second-order valence-electron chi connectivity index (χ2n) is 8.65. The predicted octanol–water partition coefficient (Wildman–Crippen LogP) is 5.12. The van der Waals surface area contributed by atoms with Crippen LogP contribution in [0.2, 0.25) is 0 Å². The molecule has 0 saturated carbocycles. The number of benzene rings is 2. The van der Waals surface area contributed by atoms with Gasteiger partial charge in [-0.15, -0.1) is 5.10 Å². The van der Waals surface area contributed by atoms with Gasteiger partial charge in [-0.05, 0) is 49.2 Å². The zero-order valence-corrected chi connectivity index (χ0v) is 20.3. The van der Waals surface area contributed by atoms with Crippen LogP contribution in [0.4, 0.5) is 11.5 Å². The van der Waals surface area contributed by atoms with Crippen LogP contribution in [-0.4, -0.2) is 30.5 Å². The van der Waals surface area contributed by atoms with Gasteiger partial charge in [0.2, 0.25) is 0 Å². The highest BCUT2D eigenvalue weighted by molar-refractivity contribution is 5.95. The monoisotopic (exact) mass is 477 g/mol. The molecular weight excluding hydrogens is 450 g/mol. The lowest BCUT2D eigenvalue weighted by molar-refractivity contribution is 0.0951. The van der Waals surface area contributed by atoms with Crippen molar-refractivity contribution < 1.29 is 4.79 Å². The van der Waals surface area contributed by atoms with Crippen LogP contribution in [0, 0.1) is 6.92 Å². The summed E-state index contributed by atoms with van der Waals surface area (Å²) in [5.74, 6) is 1.65. The van der Waals surface area contributed by atoms with Gasteiger partial charge in [-0.1, -0.05) is 49.2 Å². The van der Waals surface area contributed by atoms with Crippen molar-refractivity contribution in [3.05, 3.63) is 102 Å². The minimum Gasteiger partial charge on any atom is -0.348 e. The van der Waals surface area contributed by atoms with Crippen LogP contribution in [0.25, 0.3) is 17.2 Å². The van der Waals surface area contributed by atoms with Gasteiger partial charge in [-0.25, -0.2) is 4.98 Å². The summed E-state index contributed by atoms with van der Waals surface area (Å²) in [4.78, 5) is 26.3. The van der Waals surface area contributed by atoms with Crippen molar-refractivity contribution in [1.29, 1.82) is 0 Å². The van der Waals surface area contributed by atoms with Crippen molar-refractivity contribution in [2.24, 2.45) is 0 Å². The highest BCUT2D eigenvalue weighted by Crippen LogP contribution is 2.22. The zero-order chi connectivity index (χ0) is 24.9. The van der Waals surface area contributed by atoms with Gasteiger partial charge in [0, 0.05) is 47.5 Å². The molecule has 5 rings (SSSR count). The first-order valence-corrected chi connectivity index (χ1v) is 12.0. The molecule has 180 valence electrons. The Kier molecular flexibility index (Phi) is 6.66. The number of rotatable bonds is 8. The van der Waals surface area contributed by atoms with Crippen LogP contribution >= 0.6 is 0 Å². The van der Waals surface area contributed by atoms with E-state index in [0.717, 1.165) is 41.2 Å². The first-order valence-electron chi connectivity index (χ1n) is 12.0. The molecule has 3 aromatic heterocycles. The van der Waals surface area contributed by atoms with Gasteiger partial charge >= 0.3 is 0 Å². The van der Waals surface area contributed by atoms with Crippen LogP contribution in [0.5, 0.6) is 0 Å². The number of nitrogens with zero attached hydrogens (tertiary/aromatic N) is 5. The van der Waals surface area contributed by atoms with Crippen LogP contribution in [0.3, 0.4) is 0 Å². The second kappa shape index (κ2) is 10.4. The Balaban J connectivity index is 1.40. The fourth-order valence-electron chi connectivity index (χ4n) is 3.88. The van der Waals surface area contributed by atoms with Crippen molar-refractivity contribution in [3.63, 3.8) is 0 Å². The third kappa shape index (κ3) is 5.22. The van der Waals surface area contributed by atoms with E-state index >= 15 is 0 Å². The Hall–Kier alpha value is -4.59. The van der Waals surface area contributed by atoms with Gasteiger partial charge in [0.1, 0.15) is 5.82 Å². The number of amides is 1. The molecule has 0 aliphatic carbocycles. The van der Waals surface area contributed by atoms with E-state index in [1.807, 2.05) is 67.6 Å². The molecule has 8 heteroatoms. The van der Waals surface area contributed by atoms with Gasteiger partial charge in [0.15, 0.2) is 5.82 Å². The summed E-state index contributed by atoms with van der Waals surface area (Å²) in [5, 5.41) is 11.1. The second-order valence-corrected chi connectivity index (χ2v) is 8.65. The number of hydrogen-bond acceptors (Lipinski definition) is 6. The molecule has 0 aliphatic heterocycles. The Morgan fingerprint density at radius 2 is 1.86 bits per heavy atom. The van der Waals surface area contributed by atoms with E-state index < -0.39 is 0 Å². The van der Waals surface area contributed by atoms with Crippen molar-refractivity contribution in [2.45, 2.75) is 33.2 Å². The molecule has 5 aromatic rings. The first kappa shape index (κ1) is 23.2. The number of carbonyl (C=O) groups excluding carboxylic acids is 1. The van der Waals surface area contributed by atoms with E-state index in [1.54, 1.807) is 23.0 Å². The standard InChI is InChI=1S/C28H27N7O/c1-3-6-23-16-25(35-28(32-23)33-26(34-35)22-8-5-14-29-18-22)31-24-9-4-7-21(15-24)27(36)30-17-20-12-10-19(2)11-13-20/h4-5,7-16,18,31H,3,6,17H2,1-2H3,(H,30,36). The van der Waals surface area contributed by atoms with Crippen LogP contribution in [0.1, 0.15) is 40.5 Å². The Morgan fingerprint density at radius 3 is 2.64 bits per heavy atom. The van der Waals surface area contributed by atoms with E-state index in [2.05, 4.69) is 37.6 Å². The molecule has 0 bridgehead atoms. The maximum atomic E-state index is 12.8. The number of pyridine rings is 1. The average Bonchev–Trinajstić information content (AvgIpc) is 3.34. The fourth-order valence-corrected chi connectivity index (χ4v) is 3.88. The van der Waals surface area contributed by atoms with Gasteiger partial charge in [-0.2, -0.15) is 9.50 Å². The lowest BCUT2D eigenvalue weighted by Crippen LogP contribution is -2.22. The van der Waals surface area contributed by atoms with Gasteiger partial charge in [0.05, 0.1) is 0 Å². The van der Waals surface area contributed by atoms with Crippen LogP contribution < -0.4 is 10.6 Å². The minimum absolute atomic E-state index is 0.134. The minimum atomic E-state index is -0.134. The van der Waals surface area contributed by atoms with Crippen LogP contribution in [0.15, 0.2) is 79.1 Å². The highest BCUT2D eigenvalue weighted by Gasteiger charge is 2.14. The zero-order valence-electron chi connectivity index (χ0n) is 20.3. The molecule has 0 aliphatic rings. The third-order valence-corrected chi connectivity index (χ3v) is 5.76. The third-order valence-electron chi connectivity index (χ3n) is 5.76. The molecule has 8 nitrogen and oxygen atoms in total. The number of carbonyl (C=O) groups is 1. The maximum Gasteiger partial charge on any atom is 0.254 e. The Bertz CT molecular complexity index is 1490. The lowest BCUT2D eigenvalue weighted by atomic mass is 10.1. The Morgan fingerprint density at radius 1 is 1.00 bits per heavy atom. The predicted molar refractivity (Wildman–Crippen MR) is 140 cm³/mol. The quantitative estimate of drug-likeness (QED) is 0.322. The summed E-state index contributed by atoms with van der Waals surface area (Å²) >= 11 is 0. The van der Waals surface area contributed by atoms with Crippen LogP contribution in [-0.2, 0) is 13.0 Å². The summed E-state index contributed by atoms with van der Waals surface area (Å²) in [5.41, 5.74) is 5.33. The summed E-state index contributed by atoms with van der Waals surface area (Å²) in [6.07, 6.45) is 5.23. The van der Waals surface area contributed by atoms with Gasteiger partial charge < -0.3 is 10.6 Å². The smallest absolute Gasteiger partial charge is 0.254 e. The van der Waals surface area contributed by atoms with Crippen molar-refractivity contribution in [3.8, 4) is 11.4 Å². The molecule has 36 heavy (non-hydrogen) atoms. The highest BCUT2D eigenvalue weighted by atomic mass is 16.1. The molecule has 2 aromatic carbocycles. The largest absolute Gasteiger partial charge is 0.348 e. The number of anilines is 2. The summed E-state index contributed by atoms with van der Waals surface area (Å²) in [6.45, 7) is 4.63. The molecule has 0 fully saturated rings. The van der Waals surface area contributed by atoms with E-state index in [9.17, 15) is 4.79 Å². The molecule has 0 unspecified atom stereocenters. The number of aromatic nitrogens is 5. The van der Waals surface area contributed by atoms with Crippen molar-refractivity contribution in [1.82, 2.24) is 29.9 Å². The van der Waals surface area contributed by atoms with E-state index in [0.29, 0.717) is 23.7 Å². The molecular formula is C28H27N7O. The van der Waals surface area contributed by atoms with Crippen molar-refractivity contribution in [2.75, 3.05) is 5.32 Å². The molecule has 0 saturated heterocycles. The summed E-state index contributed by atoms with van der Waals surface area (Å²) in [6, 6.07) is 21.3. The number of hydrogen-bond donors (Lipinski definition) is 2. The molecule has 3 heterocycles. The molecule has 0 radical (unpaired) electrons. The molecule has 1 amide bonds. The normalized spacial score (nSPS) is 10.9. The number of nitrogens with one attached hydrogen (secondary N) is 2. The number of fused-ring (bicyclic) bond motifs is 1. The molecule has 2 N–H and O–H groups in total. The lowest BCUT2D eigenvalue weighted by Gasteiger charge is -2.11. The summed E-state index contributed by atoms with van der Waals surface area (Å²) < 4.78 is 1.69. The van der Waals surface area contributed by atoms with Gasteiger partial charge in [-0.3, -0.25) is 9.78 Å². The molecule has 0 spiro atoms. The van der Waals surface area contributed by atoms with E-state index in [-0.39, 0.29) is 5.91 Å². The van der Waals surface area contributed by atoms with E-state index in [1.165, 1.54) is 5.56 Å². The van der Waals surface area contributed by atoms with Gasteiger partial charge in [0.25, 0.3) is 11.7 Å². The fraction of sp³-hybridized carbons (Fsp3) is 0.179. The van der Waals surface area contributed by atoms with Crippen molar-refractivity contribution >= 4 is 23.2 Å². The maximum absolute atomic E-state index is 12.8. The topological polar surface area (TPSA) is 97.1 Å².